The van der Waals surface area contributed by atoms with Gasteiger partial charge in [0.15, 0.2) is 0 Å². The first-order valence-electron chi connectivity index (χ1n) is 10.8. The highest BCUT2D eigenvalue weighted by Crippen LogP contribution is 2.44. The smallest absolute Gasteiger partial charge is 0.120 e. The largest absolute Gasteiger partial charge is 0.350 e. The Bertz CT molecular complexity index is 765. The van der Waals surface area contributed by atoms with E-state index >= 15 is 0 Å². The number of hydrogen-bond acceptors (Lipinski definition) is 4. The van der Waals surface area contributed by atoms with Gasteiger partial charge >= 0.3 is 0 Å². The molecule has 2 fully saturated rings. The molecule has 3 atom stereocenters. The van der Waals surface area contributed by atoms with Crippen molar-refractivity contribution < 1.29 is 0 Å². The highest BCUT2D eigenvalue weighted by molar-refractivity contribution is 5.99. The van der Waals surface area contributed by atoms with Crippen LogP contribution in [-0.4, -0.2) is 22.0 Å². The molecule has 0 spiro atoms. The van der Waals surface area contributed by atoms with Crippen LogP contribution in [0.4, 0.5) is 0 Å². The summed E-state index contributed by atoms with van der Waals surface area (Å²) in [7, 11) is 0. The molecule has 0 amide bonds. The van der Waals surface area contributed by atoms with Crippen LogP contribution in [0.25, 0.3) is 0 Å². The Kier molecular flexibility index (Phi) is 4.41. The molecule has 3 unspecified atom stereocenters. The predicted molar refractivity (Wildman–Crippen MR) is 109 cm³/mol. The van der Waals surface area contributed by atoms with Crippen LogP contribution in [0.5, 0.6) is 0 Å². The fourth-order valence-corrected chi connectivity index (χ4v) is 5.29. The minimum atomic E-state index is -0.183. The Morgan fingerprint density at radius 2 is 2.11 bits per heavy atom. The average molecular weight is 366 g/mol. The van der Waals surface area contributed by atoms with Crippen molar-refractivity contribution in [3.8, 4) is 0 Å². The second-order valence-corrected chi connectivity index (χ2v) is 9.14. The fourth-order valence-electron chi connectivity index (χ4n) is 5.29. The number of rotatable bonds is 7. The van der Waals surface area contributed by atoms with Crippen molar-refractivity contribution in [2.45, 2.75) is 76.8 Å². The van der Waals surface area contributed by atoms with Gasteiger partial charge in [-0.3, -0.25) is 9.67 Å². The second-order valence-electron chi connectivity index (χ2n) is 9.14. The van der Waals surface area contributed by atoms with Gasteiger partial charge in [-0.2, -0.15) is 5.10 Å². The van der Waals surface area contributed by atoms with E-state index in [9.17, 15) is 0 Å². The van der Waals surface area contributed by atoms with Gasteiger partial charge in [0, 0.05) is 11.8 Å². The summed E-state index contributed by atoms with van der Waals surface area (Å²) in [5.74, 6) is 2.82. The van der Waals surface area contributed by atoms with Gasteiger partial charge in [0.25, 0.3) is 0 Å². The van der Waals surface area contributed by atoms with Gasteiger partial charge in [-0.05, 0) is 44.2 Å². The van der Waals surface area contributed by atoms with Gasteiger partial charge in [0.2, 0.25) is 0 Å². The number of hydrogen-bond donors (Lipinski definition) is 1. The Morgan fingerprint density at radius 1 is 1.26 bits per heavy atom. The third kappa shape index (κ3) is 3.26. The van der Waals surface area contributed by atoms with Crippen molar-refractivity contribution in [1.29, 1.82) is 0 Å². The number of nitrogens with zero attached hydrogens (tertiary/aromatic N) is 4. The lowest BCUT2D eigenvalue weighted by Crippen LogP contribution is -2.36. The molecule has 5 rings (SSSR count). The van der Waals surface area contributed by atoms with Crippen LogP contribution >= 0.6 is 0 Å². The summed E-state index contributed by atoms with van der Waals surface area (Å²) in [6, 6.07) is 0.617. The molecule has 0 bridgehead atoms. The van der Waals surface area contributed by atoms with Crippen LogP contribution < -0.4 is 5.32 Å². The van der Waals surface area contributed by atoms with Gasteiger partial charge in [0.1, 0.15) is 12.2 Å². The molecule has 4 aliphatic rings. The minimum absolute atomic E-state index is 0.0562. The standard InChI is InChI=1S/C22H31N5/c1-22-11-12-23-21(22)25-15-24-20(22)18-13-26-27(14-18)19(17-6-2-3-7-17)8-4-5-16-9-10-16/h11-17,19-20H,2-10H2,1H3,(H,23,24,25). The van der Waals surface area contributed by atoms with Crippen molar-refractivity contribution in [1.82, 2.24) is 15.1 Å². The van der Waals surface area contributed by atoms with Gasteiger partial charge in [-0.25, -0.2) is 4.99 Å². The molecule has 2 saturated carbocycles. The lowest BCUT2D eigenvalue weighted by molar-refractivity contribution is 0.283. The van der Waals surface area contributed by atoms with E-state index in [1.165, 1.54) is 63.4 Å². The highest BCUT2D eigenvalue weighted by atomic mass is 15.3. The molecule has 1 N–H and O–H groups in total. The first kappa shape index (κ1) is 17.2. The second kappa shape index (κ2) is 6.92. The van der Waals surface area contributed by atoms with E-state index in [0.717, 1.165) is 17.7 Å². The van der Waals surface area contributed by atoms with Gasteiger partial charge in [-0.1, -0.05) is 44.6 Å². The summed E-state index contributed by atoms with van der Waals surface area (Å²) in [5, 5.41) is 8.12. The molecule has 0 saturated heterocycles. The van der Waals surface area contributed by atoms with Crippen molar-refractivity contribution in [2.75, 3.05) is 0 Å². The van der Waals surface area contributed by atoms with E-state index < -0.39 is 0 Å². The molecule has 5 heteroatoms. The molecular formula is C22H31N5. The molecule has 5 nitrogen and oxygen atoms in total. The van der Waals surface area contributed by atoms with E-state index in [1.54, 1.807) is 6.34 Å². The maximum atomic E-state index is 4.85. The predicted octanol–water partition coefficient (Wildman–Crippen LogP) is 4.80. The van der Waals surface area contributed by atoms with Crippen LogP contribution in [0, 0.1) is 17.3 Å². The molecule has 1 aromatic rings. The van der Waals surface area contributed by atoms with Gasteiger partial charge < -0.3 is 5.32 Å². The monoisotopic (exact) mass is 365 g/mol. The number of amidine groups is 1. The number of aliphatic imine (C=N–C) groups is 2. The van der Waals surface area contributed by atoms with E-state index in [-0.39, 0.29) is 11.5 Å². The summed E-state index contributed by atoms with van der Waals surface area (Å²) in [6.45, 7) is 2.21. The highest BCUT2D eigenvalue weighted by Gasteiger charge is 2.43. The van der Waals surface area contributed by atoms with Crippen LogP contribution in [0.3, 0.4) is 0 Å². The zero-order valence-electron chi connectivity index (χ0n) is 16.3. The van der Waals surface area contributed by atoms with Gasteiger partial charge in [0.05, 0.1) is 23.7 Å². The molecule has 2 aliphatic carbocycles. The SMILES string of the molecule is CC12C=CNC1=NC=NC2c1cnn(C(CCCC2CC2)C2CCCC2)c1. The normalized spacial score (nSPS) is 31.0. The van der Waals surface area contributed by atoms with Crippen LogP contribution in [0.2, 0.25) is 0 Å². The molecule has 3 heterocycles. The van der Waals surface area contributed by atoms with E-state index in [4.69, 9.17) is 10.1 Å². The van der Waals surface area contributed by atoms with E-state index in [0.29, 0.717) is 6.04 Å². The molecule has 0 aromatic carbocycles. The van der Waals surface area contributed by atoms with Crippen LogP contribution in [0.1, 0.15) is 82.4 Å². The van der Waals surface area contributed by atoms with Crippen LogP contribution in [0.15, 0.2) is 34.7 Å². The topological polar surface area (TPSA) is 54.6 Å². The van der Waals surface area contributed by atoms with Crippen molar-refractivity contribution in [2.24, 2.45) is 27.2 Å². The molecular weight excluding hydrogens is 334 g/mol. The maximum Gasteiger partial charge on any atom is 0.120 e. The number of nitrogens with one attached hydrogen (secondary N) is 1. The fraction of sp³-hybridized carbons (Fsp3) is 0.682. The summed E-state index contributed by atoms with van der Waals surface area (Å²) in [4.78, 5) is 9.15. The van der Waals surface area contributed by atoms with Gasteiger partial charge in [-0.15, -0.1) is 0 Å². The number of fused-ring (bicyclic) bond motifs is 1. The van der Waals surface area contributed by atoms with Crippen molar-refractivity contribution >= 4 is 12.2 Å². The summed E-state index contributed by atoms with van der Waals surface area (Å²) in [6.07, 6.45) is 22.7. The summed E-state index contributed by atoms with van der Waals surface area (Å²) >= 11 is 0. The zero-order valence-corrected chi connectivity index (χ0v) is 16.3. The number of aromatic nitrogens is 2. The molecule has 1 aromatic heterocycles. The van der Waals surface area contributed by atoms with Crippen LogP contribution in [-0.2, 0) is 0 Å². The van der Waals surface area contributed by atoms with E-state index in [1.807, 2.05) is 12.4 Å². The Hall–Kier alpha value is -1.91. The van der Waals surface area contributed by atoms with Crippen molar-refractivity contribution in [3.05, 3.63) is 30.2 Å². The average Bonchev–Trinajstić information content (AvgIpc) is 3.08. The Labute approximate surface area is 162 Å². The van der Waals surface area contributed by atoms with E-state index in [2.05, 4.69) is 34.2 Å². The maximum absolute atomic E-state index is 4.85. The third-order valence-corrected chi connectivity index (χ3v) is 7.16. The lowest BCUT2D eigenvalue weighted by Gasteiger charge is -2.31. The molecule has 144 valence electrons. The molecule has 27 heavy (non-hydrogen) atoms. The quantitative estimate of drug-likeness (QED) is 0.754. The summed E-state index contributed by atoms with van der Waals surface area (Å²) in [5.41, 5.74) is 1.02. The minimum Gasteiger partial charge on any atom is -0.350 e. The van der Waals surface area contributed by atoms with Crippen molar-refractivity contribution in [3.63, 3.8) is 0 Å². The lowest BCUT2D eigenvalue weighted by atomic mass is 9.79. The first-order valence-corrected chi connectivity index (χ1v) is 10.8. The first-order chi connectivity index (χ1) is 13.2. The Morgan fingerprint density at radius 3 is 2.93 bits per heavy atom. The zero-order chi connectivity index (χ0) is 18.3. The Balaban J connectivity index is 1.36. The molecule has 2 aliphatic heterocycles. The third-order valence-electron chi connectivity index (χ3n) is 7.16. The molecule has 0 radical (unpaired) electrons. The summed E-state index contributed by atoms with van der Waals surface area (Å²) < 4.78 is 2.29.